The molecule has 0 radical (unpaired) electrons. The van der Waals surface area contributed by atoms with Crippen LogP contribution in [0.2, 0.25) is 0 Å². The van der Waals surface area contributed by atoms with Gasteiger partial charge in [-0.05, 0) is 35.9 Å². The zero-order chi connectivity index (χ0) is 23.7. The van der Waals surface area contributed by atoms with Gasteiger partial charge in [0.05, 0.1) is 11.4 Å². The number of sulfonamides is 1. The van der Waals surface area contributed by atoms with Crippen LogP contribution >= 0.6 is 0 Å². The van der Waals surface area contributed by atoms with E-state index in [0.717, 1.165) is 0 Å². The summed E-state index contributed by atoms with van der Waals surface area (Å²) in [4.78, 5) is 24.4. The molecule has 2 amide bonds. The Kier molecular flexibility index (Phi) is 9.09. The minimum Gasteiger partial charge on any atom is -0.435 e. The van der Waals surface area contributed by atoms with Crippen LogP contribution in [-0.4, -0.2) is 50.8 Å². The maximum Gasteiger partial charge on any atom is 0.387 e. The summed E-state index contributed by atoms with van der Waals surface area (Å²) >= 11 is 0. The molecule has 174 valence electrons. The topological polar surface area (TPSA) is 105 Å². The number of nitrogens with one attached hydrogen (secondary N) is 2. The molecule has 0 unspecified atom stereocenters. The summed E-state index contributed by atoms with van der Waals surface area (Å²) in [5.74, 6) is -1.06. The van der Waals surface area contributed by atoms with Crippen molar-refractivity contribution in [2.75, 3.05) is 19.6 Å². The van der Waals surface area contributed by atoms with Gasteiger partial charge in [-0.25, -0.2) is 8.42 Å². The van der Waals surface area contributed by atoms with Crippen molar-refractivity contribution in [3.8, 4) is 5.75 Å². The molecule has 0 fully saturated rings. The Bertz CT molecular complexity index is 1030. The maximum absolute atomic E-state index is 12.6. The Balaban J connectivity index is 1.90. The number of alkyl halides is 2. The molecule has 0 saturated heterocycles. The van der Waals surface area contributed by atoms with E-state index in [9.17, 15) is 26.8 Å². The highest BCUT2D eigenvalue weighted by molar-refractivity contribution is 7.89. The number of ether oxygens (including phenoxy) is 1. The molecule has 0 spiro atoms. The lowest BCUT2D eigenvalue weighted by Crippen LogP contribution is -2.36. The molecule has 0 aliphatic carbocycles. The van der Waals surface area contributed by atoms with Gasteiger partial charge in [0.1, 0.15) is 5.75 Å². The lowest BCUT2D eigenvalue weighted by Gasteiger charge is -2.18. The second kappa shape index (κ2) is 11.5. The lowest BCUT2D eigenvalue weighted by molar-refractivity contribution is -0.120. The average molecular weight is 470 g/mol. The quantitative estimate of drug-likeness (QED) is 0.526. The highest BCUT2D eigenvalue weighted by Gasteiger charge is 2.22. The second-order valence-corrected chi connectivity index (χ2v) is 8.54. The molecule has 0 atom stereocenters. The number of nitrogens with zero attached hydrogens (tertiary/aromatic N) is 1. The third-order valence-corrected chi connectivity index (χ3v) is 6.53. The van der Waals surface area contributed by atoms with Crippen molar-refractivity contribution in [2.45, 2.75) is 31.9 Å². The highest BCUT2D eigenvalue weighted by Crippen LogP contribution is 2.17. The Morgan fingerprint density at radius 3 is 2.28 bits per heavy atom. The van der Waals surface area contributed by atoms with E-state index in [1.807, 2.05) is 0 Å². The summed E-state index contributed by atoms with van der Waals surface area (Å²) in [6, 6.07) is 11.4. The fourth-order valence-electron chi connectivity index (χ4n) is 2.82. The Morgan fingerprint density at radius 2 is 1.69 bits per heavy atom. The van der Waals surface area contributed by atoms with Crippen LogP contribution in [0.3, 0.4) is 0 Å². The van der Waals surface area contributed by atoms with E-state index in [1.165, 1.54) is 52.8 Å². The number of carbonyl (C=O) groups is 2. The molecule has 2 aromatic rings. The molecule has 2 N–H and O–H groups in total. The van der Waals surface area contributed by atoms with Gasteiger partial charge >= 0.3 is 6.61 Å². The van der Waals surface area contributed by atoms with Gasteiger partial charge in [0, 0.05) is 25.2 Å². The first-order chi connectivity index (χ1) is 15.2. The van der Waals surface area contributed by atoms with Crippen molar-refractivity contribution in [1.29, 1.82) is 0 Å². The second-order valence-electron chi connectivity index (χ2n) is 6.60. The first kappa shape index (κ1) is 25.2. The maximum atomic E-state index is 12.6. The summed E-state index contributed by atoms with van der Waals surface area (Å²) in [6.07, 6.45) is 0. The average Bonchev–Trinajstić information content (AvgIpc) is 2.77. The van der Waals surface area contributed by atoms with Gasteiger partial charge < -0.3 is 15.4 Å². The molecule has 0 heterocycles. The number of rotatable bonds is 11. The minimum atomic E-state index is -3.71. The molecular formula is C21H25F2N3O5S. The molecule has 0 aromatic heterocycles. The van der Waals surface area contributed by atoms with Crippen LogP contribution in [0.4, 0.5) is 8.78 Å². The Hall–Kier alpha value is -3.05. The van der Waals surface area contributed by atoms with Crippen molar-refractivity contribution in [2.24, 2.45) is 0 Å². The van der Waals surface area contributed by atoms with Gasteiger partial charge in [0.25, 0.3) is 5.91 Å². The Labute approximate surface area is 185 Å². The third kappa shape index (κ3) is 6.99. The van der Waals surface area contributed by atoms with E-state index in [2.05, 4.69) is 15.4 Å². The van der Waals surface area contributed by atoms with Crippen LogP contribution in [0, 0.1) is 0 Å². The third-order valence-electron chi connectivity index (χ3n) is 4.49. The molecule has 8 nitrogen and oxygen atoms in total. The highest BCUT2D eigenvalue weighted by atomic mass is 32.2. The van der Waals surface area contributed by atoms with Crippen molar-refractivity contribution in [3.63, 3.8) is 0 Å². The smallest absolute Gasteiger partial charge is 0.387 e. The number of halogens is 2. The van der Waals surface area contributed by atoms with Gasteiger partial charge in [0.15, 0.2) is 0 Å². The van der Waals surface area contributed by atoms with Gasteiger partial charge in [-0.2, -0.15) is 13.1 Å². The minimum absolute atomic E-state index is 0.00225. The molecule has 2 aromatic carbocycles. The van der Waals surface area contributed by atoms with Crippen LogP contribution in [0.1, 0.15) is 29.8 Å². The molecule has 0 saturated carbocycles. The van der Waals surface area contributed by atoms with Crippen LogP contribution in [0.25, 0.3) is 0 Å². The van der Waals surface area contributed by atoms with Crippen molar-refractivity contribution >= 4 is 21.8 Å². The van der Waals surface area contributed by atoms with E-state index in [1.54, 1.807) is 13.8 Å². The Morgan fingerprint density at radius 1 is 1.03 bits per heavy atom. The van der Waals surface area contributed by atoms with E-state index in [4.69, 9.17) is 0 Å². The first-order valence-electron chi connectivity index (χ1n) is 9.86. The van der Waals surface area contributed by atoms with Crippen molar-refractivity contribution in [3.05, 3.63) is 59.7 Å². The molecule has 11 heteroatoms. The SMILES string of the molecule is CCN(CC)S(=O)(=O)c1cccc(C(=O)NCC(=O)NCc2ccc(OC(F)F)cc2)c1. The zero-order valence-corrected chi connectivity index (χ0v) is 18.5. The van der Waals surface area contributed by atoms with Gasteiger partial charge in [0.2, 0.25) is 15.9 Å². The predicted octanol–water partition coefficient (Wildman–Crippen LogP) is 2.36. The predicted molar refractivity (Wildman–Crippen MR) is 114 cm³/mol. The molecule has 2 rings (SSSR count). The number of amides is 2. The van der Waals surface area contributed by atoms with Crippen LogP contribution < -0.4 is 15.4 Å². The van der Waals surface area contributed by atoms with Gasteiger partial charge in [-0.3, -0.25) is 9.59 Å². The summed E-state index contributed by atoms with van der Waals surface area (Å²) in [7, 11) is -3.71. The summed E-state index contributed by atoms with van der Waals surface area (Å²) in [6.45, 7) is 0.945. The van der Waals surface area contributed by atoms with Crippen molar-refractivity contribution in [1.82, 2.24) is 14.9 Å². The largest absolute Gasteiger partial charge is 0.435 e. The standard InChI is InChI=1S/C21H25F2N3O5S/c1-3-26(4-2)32(29,30)18-7-5-6-16(12-18)20(28)25-14-19(27)24-13-15-8-10-17(11-9-15)31-21(22)23/h5-12,21H,3-4,13-14H2,1-2H3,(H,24,27)(H,25,28). The molecule has 32 heavy (non-hydrogen) atoms. The van der Waals surface area contributed by atoms with Gasteiger partial charge in [-0.15, -0.1) is 0 Å². The molecular weight excluding hydrogens is 444 g/mol. The van der Waals surface area contributed by atoms with E-state index >= 15 is 0 Å². The number of benzene rings is 2. The van der Waals surface area contributed by atoms with Crippen molar-refractivity contribution < 1.29 is 31.5 Å². The summed E-state index contributed by atoms with van der Waals surface area (Å²) < 4.78 is 55.1. The van der Waals surface area contributed by atoms with E-state index in [-0.39, 0.29) is 29.3 Å². The zero-order valence-electron chi connectivity index (χ0n) is 17.7. The fraction of sp³-hybridized carbons (Fsp3) is 0.333. The monoisotopic (exact) mass is 469 g/mol. The number of carbonyl (C=O) groups excluding carboxylic acids is 2. The van der Waals surface area contributed by atoms with Crippen LogP contribution in [0.5, 0.6) is 5.75 Å². The fourth-order valence-corrected chi connectivity index (χ4v) is 4.33. The van der Waals surface area contributed by atoms with Crippen LogP contribution in [-0.2, 0) is 21.4 Å². The number of hydrogen-bond acceptors (Lipinski definition) is 5. The van der Waals surface area contributed by atoms with Gasteiger partial charge in [-0.1, -0.05) is 32.0 Å². The lowest BCUT2D eigenvalue weighted by atomic mass is 10.2. The molecule has 0 bridgehead atoms. The first-order valence-corrected chi connectivity index (χ1v) is 11.3. The molecule has 0 aliphatic heterocycles. The van der Waals surface area contributed by atoms with E-state index < -0.39 is 28.4 Å². The summed E-state index contributed by atoms with van der Waals surface area (Å²) in [5, 5.41) is 5.03. The molecule has 0 aliphatic rings. The number of hydrogen-bond donors (Lipinski definition) is 2. The normalized spacial score (nSPS) is 11.4. The van der Waals surface area contributed by atoms with E-state index in [0.29, 0.717) is 18.7 Å². The van der Waals surface area contributed by atoms with Crippen LogP contribution in [0.15, 0.2) is 53.4 Å². The summed E-state index contributed by atoms with van der Waals surface area (Å²) in [5.41, 5.74) is 0.765.